The van der Waals surface area contributed by atoms with Crippen molar-refractivity contribution in [2.45, 2.75) is 38.6 Å². The molecule has 0 bridgehead atoms. The van der Waals surface area contributed by atoms with E-state index in [1.165, 1.54) is 0 Å². The van der Waals surface area contributed by atoms with Gasteiger partial charge in [-0.2, -0.15) is 0 Å². The largest absolute Gasteiger partial charge is 0.399 e. The number of carbonyl (C=O) groups is 1. The van der Waals surface area contributed by atoms with E-state index in [0.717, 1.165) is 18.4 Å². The lowest BCUT2D eigenvalue weighted by molar-refractivity contribution is -0.122. The number of benzene rings is 1. The number of rotatable bonds is 4. The first-order valence-corrected chi connectivity index (χ1v) is 6.27. The first-order valence-electron chi connectivity index (χ1n) is 6.27. The summed E-state index contributed by atoms with van der Waals surface area (Å²) in [7, 11) is 0. The molecule has 3 unspecified atom stereocenters. The van der Waals surface area contributed by atoms with Gasteiger partial charge >= 0.3 is 0 Å². The summed E-state index contributed by atoms with van der Waals surface area (Å²) in [5.74, 6) is 0.667. The number of nitrogen functional groups attached to an aromatic ring is 1. The van der Waals surface area contributed by atoms with Crippen LogP contribution >= 0.6 is 0 Å². The Balaban J connectivity index is 1.95. The van der Waals surface area contributed by atoms with E-state index in [-0.39, 0.29) is 11.8 Å². The molecule has 0 heterocycles. The molecule has 2 rings (SSSR count). The molecule has 1 amide bonds. The fraction of sp³-hybridized carbons (Fsp3) is 0.500. The third-order valence-corrected chi connectivity index (χ3v) is 3.58. The van der Waals surface area contributed by atoms with E-state index in [0.29, 0.717) is 17.6 Å². The summed E-state index contributed by atoms with van der Waals surface area (Å²) in [6.07, 6.45) is 2.28. The maximum absolute atomic E-state index is 12.0. The molecule has 17 heavy (non-hydrogen) atoms. The van der Waals surface area contributed by atoms with Crippen molar-refractivity contribution in [1.82, 2.24) is 5.32 Å². The van der Waals surface area contributed by atoms with Gasteiger partial charge in [0, 0.05) is 11.7 Å². The van der Waals surface area contributed by atoms with Crippen LogP contribution in [0, 0.1) is 5.92 Å². The van der Waals surface area contributed by atoms with E-state index >= 15 is 0 Å². The fourth-order valence-electron chi connectivity index (χ4n) is 2.16. The number of carbonyl (C=O) groups excluding carboxylic acids is 1. The molecule has 3 atom stereocenters. The fourth-order valence-corrected chi connectivity index (χ4v) is 2.16. The van der Waals surface area contributed by atoms with E-state index in [2.05, 4.69) is 12.2 Å². The molecule has 0 saturated heterocycles. The molecule has 1 aliphatic carbocycles. The lowest BCUT2D eigenvalue weighted by Crippen LogP contribution is -2.30. The second-order valence-corrected chi connectivity index (χ2v) is 4.91. The van der Waals surface area contributed by atoms with Crippen LogP contribution in [0.25, 0.3) is 0 Å². The van der Waals surface area contributed by atoms with Gasteiger partial charge in [-0.05, 0) is 37.0 Å². The molecule has 1 fully saturated rings. The molecule has 92 valence electrons. The predicted octanol–water partition coefficient (Wildman–Crippen LogP) is 2.29. The van der Waals surface area contributed by atoms with Crippen LogP contribution in [0.1, 0.15) is 38.2 Å². The highest BCUT2D eigenvalue weighted by atomic mass is 16.2. The van der Waals surface area contributed by atoms with Gasteiger partial charge < -0.3 is 11.1 Å². The number of hydrogen-bond donors (Lipinski definition) is 2. The molecule has 3 N–H and O–H groups in total. The quantitative estimate of drug-likeness (QED) is 0.782. The smallest absolute Gasteiger partial charge is 0.227 e. The van der Waals surface area contributed by atoms with Gasteiger partial charge in [-0.25, -0.2) is 0 Å². The normalized spacial score (nSPS) is 24.1. The SMILES string of the molecule is CCC1CC1NC(=O)C(C)c1cccc(N)c1. The molecule has 0 aromatic heterocycles. The molecule has 1 aromatic carbocycles. The zero-order chi connectivity index (χ0) is 12.4. The van der Waals surface area contributed by atoms with Gasteiger partial charge in [0.15, 0.2) is 0 Å². The molecule has 0 radical (unpaired) electrons. The van der Waals surface area contributed by atoms with E-state index < -0.39 is 0 Å². The van der Waals surface area contributed by atoms with Crippen LogP contribution in [-0.4, -0.2) is 11.9 Å². The second-order valence-electron chi connectivity index (χ2n) is 4.91. The maximum atomic E-state index is 12.0. The van der Waals surface area contributed by atoms with Crippen LogP contribution < -0.4 is 11.1 Å². The van der Waals surface area contributed by atoms with Crippen molar-refractivity contribution >= 4 is 11.6 Å². The van der Waals surface area contributed by atoms with Gasteiger partial charge in [0.25, 0.3) is 0 Å². The number of anilines is 1. The van der Waals surface area contributed by atoms with Crippen LogP contribution in [-0.2, 0) is 4.79 Å². The van der Waals surface area contributed by atoms with Crippen molar-refractivity contribution in [2.75, 3.05) is 5.73 Å². The lowest BCUT2D eigenvalue weighted by Gasteiger charge is -2.13. The number of amides is 1. The van der Waals surface area contributed by atoms with Crippen LogP contribution in [0.4, 0.5) is 5.69 Å². The summed E-state index contributed by atoms with van der Waals surface area (Å²) in [4.78, 5) is 12.0. The highest BCUT2D eigenvalue weighted by Gasteiger charge is 2.37. The molecule has 3 heteroatoms. The van der Waals surface area contributed by atoms with Gasteiger partial charge in [0.1, 0.15) is 0 Å². The monoisotopic (exact) mass is 232 g/mol. The molecule has 3 nitrogen and oxygen atoms in total. The highest BCUT2D eigenvalue weighted by Crippen LogP contribution is 2.33. The minimum atomic E-state index is -0.128. The van der Waals surface area contributed by atoms with E-state index in [1.54, 1.807) is 0 Å². The average molecular weight is 232 g/mol. The van der Waals surface area contributed by atoms with Crippen molar-refractivity contribution in [3.8, 4) is 0 Å². The Labute approximate surface area is 102 Å². The Morgan fingerprint density at radius 1 is 1.59 bits per heavy atom. The zero-order valence-corrected chi connectivity index (χ0v) is 10.4. The molecular formula is C14H20N2O. The third-order valence-electron chi connectivity index (χ3n) is 3.58. The first-order chi connectivity index (χ1) is 8.11. The molecule has 0 spiro atoms. The van der Waals surface area contributed by atoms with Crippen molar-refractivity contribution in [1.29, 1.82) is 0 Å². The highest BCUT2D eigenvalue weighted by molar-refractivity contribution is 5.84. The Kier molecular flexibility index (Phi) is 3.36. The molecular weight excluding hydrogens is 212 g/mol. The summed E-state index contributed by atoms with van der Waals surface area (Å²) in [6, 6.07) is 7.94. The number of hydrogen-bond acceptors (Lipinski definition) is 2. The topological polar surface area (TPSA) is 55.1 Å². The molecule has 0 aliphatic heterocycles. The maximum Gasteiger partial charge on any atom is 0.227 e. The number of nitrogens with two attached hydrogens (primary N) is 1. The van der Waals surface area contributed by atoms with Gasteiger partial charge in [0.05, 0.1) is 5.92 Å². The Hall–Kier alpha value is -1.51. The second kappa shape index (κ2) is 4.78. The average Bonchev–Trinajstić information content (AvgIpc) is 3.06. The van der Waals surface area contributed by atoms with Gasteiger partial charge in [-0.1, -0.05) is 25.5 Å². The van der Waals surface area contributed by atoms with Gasteiger partial charge in [0.2, 0.25) is 5.91 Å². The minimum absolute atomic E-state index is 0.108. The van der Waals surface area contributed by atoms with Crippen molar-refractivity contribution in [3.63, 3.8) is 0 Å². The Bertz CT molecular complexity index is 416. The Morgan fingerprint density at radius 3 is 2.94 bits per heavy atom. The Morgan fingerprint density at radius 2 is 2.35 bits per heavy atom. The summed E-state index contributed by atoms with van der Waals surface area (Å²) < 4.78 is 0. The van der Waals surface area contributed by atoms with Crippen LogP contribution in [0.2, 0.25) is 0 Å². The molecule has 1 saturated carbocycles. The third kappa shape index (κ3) is 2.78. The summed E-state index contributed by atoms with van der Waals surface area (Å²) in [6.45, 7) is 4.09. The summed E-state index contributed by atoms with van der Waals surface area (Å²) >= 11 is 0. The van der Waals surface area contributed by atoms with Crippen LogP contribution in [0.15, 0.2) is 24.3 Å². The van der Waals surface area contributed by atoms with E-state index in [4.69, 9.17) is 5.73 Å². The predicted molar refractivity (Wildman–Crippen MR) is 69.6 cm³/mol. The molecule has 1 aromatic rings. The standard InChI is InChI=1S/C14H20N2O/c1-3-10-8-13(10)16-14(17)9(2)11-5-4-6-12(15)7-11/h4-7,9-10,13H,3,8,15H2,1-2H3,(H,16,17). The van der Waals surface area contributed by atoms with Crippen molar-refractivity contribution in [3.05, 3.63) is 29.8 Å². The first kappa shape index (κ1) is 12.0. The van der Waals surface area contributed by atoms with Crippen LogP contribution in [0.3, 0.4) is 0 Å². The minimum Gasteiger partial charge on any atom is -0.399 e. The van der Waals surface area contributed by atoms with E-state index in [1.807, 2.05) is 31.2 Å². The van der Waals surface area contributed by atoms with Gasteiger partial charge in [-0.15, -0.1) is 0 Å². The summed E-state index contributed by atoms with van der Waals surface area (Å²) in [5, 5.41) is 3.09. The lowest BCUT2D eigenvalue weighted by atomic mass is 10.00. The van der Waals surface area contributed by atoms with Gasteiger partial charge in [-0.3, -0.25) is 4.79 Å². The molecule has 1 aliphatic rings. The van der Waals surface area contributed by atoms with E-state index in [9.17, 15) is 4.79 Å². The number of nitrogens with one attached hydrogen (secondary N) is 1. The van der Waals surface area contributed by atoms with Crippen molar-refractivity contribution in [2.24, 2.45) is 5.92 Å². The van der Waals surface area contributed by atoms with Crippen LogP contribution in [0.5, 0.6) is 0 Å². The zero-order valence-electron chi connectivity index (χ0n) is 10.4. The van der Waals surface area contributed by atoms with Crippen molar-refractivity contribution < 1.29 is 4.79 Å². The summed E-state index contributed by atoms with van der Waals surface area (Å²) in [5.41, 5.74) is 7.41.